The van der Waals surface area contributed by atoms with Gasteiger partial charge in [-0.15, -0.1) is 0 Å². The Morgan fingerprint density at radius 1 is 0.717 bits per heavy atom. The summed E-state index contributed by atoms with van der Waals surface area (Å²) in [4.78, 5) is 40.1. The van der Waals surface area contributed by atoms with Crippen LogP contribution in [-0.4, -0.2) is 53.3 Å². The lowest BCUT2D eigenvalue weighted by Gasteiger charge is -2.30. The summed E-state index contributed by atoms with van der Waals surface area (Å²) in [6, 6.07) is 27.6. The van der Waals surface area contributed by atoms with E-state index in [2.05, 4.69) is 16.0 Å². The molecule has 0 aromatic heterocycles. The van der Waals surface area contributed by atoms with Crippen molar-refractivity contribution < 1.29 is 24.2 Å². The van der Waals surface area contributed by atoms with Crippen molar-refractivity contribution in [3.05, 3.63) is 108 Å². The fraction of sp³-hybridized carbons (Fsp3) is 0.447. The van der Waals surface area contributed by atoms with E-state index in [4.69, 9.17) is 4.74 Å². The molecule has 8 nitrogen and oxygen atoms in total. The fourth-order valence-electron chi connectivity index (χ4n) is 5.34. The van der Waals surface area contributed by atoms with Gasteiger partial charge in [-0.05, 0) is 75.5 Å². The van der Waals surface area contributed by atoms with Gasteiger partial charge in [0.05, 0.1) is 12.1 Å². The van der Waals surface area contributed by atoms with Crippen LogP contribution in [0, 0.1) is 11.8 Å². The first-order valence-electron chi connectivity index (χ1n) is 16.3. The van der Waals surface area contributed by atoms with Crippen LogP contribution in [0.1, 0.15) is 64.2 Å². The smallest absolute Gasteiger partial charge is 0.407 e. The maximum atomic E-state index is 14.0. The van der Waals surface area contributed by atoms with Crippen LogP contribution < -0.4 is 16.0 Å². The molecule has 3 rings (SSSR count). The topological polar surface area (TPSA) is 117 Å². The van der Waals surface area contributed by atoms with Crippen LogP contribution in [-0.2, 0) is 33.6 Å². The largest absolute Gasteiger partial charge is 0.444 e. The Balaban J connectivity index is 1.78. The molecule has 0 aliphatic rings. The molecule has 0 saturated carbocycles. The van der Waals surface area contributed by atoms with Gasteiger partial charge in [0.15, 0.2) is 0 Å². The van der Waals surface area contributed by atoms with Crippen molar-refractivity contribution >= 4 is 17.9 Å². The van der Waals surface area contributed by atoms with E-state index in [1.807, 2.05) is 105 Å². The van der Waals surface area contributed by atoms with Gasteiger partial charge in [0.2, 0.25) is 11.8 Å². The van der Waals surface area contributed by atoms with Crippen LogP contribution in [0.3, 0.4) is 0 Å². The summed E-state index contributed by atoms with van der Waals surface area (Å²) in [5.41, 5.74) is 2.27. The third-order valence-corrected chi connectivity index (χ3v) is 7.58. The van der Waals surface area contributed by atoms with Crippen molar-refractivity contribution in [2.45, 2.75) is 90.5 Å². The Bertz CT molecular complexity index is 1340. The lowest BCUT2D eigenvalue weighted by atomic mass is 9.88. The van der Waals surface area contributed by atoms with Crippen molar-refractivity contribution in [2.24, 2.45) is 11.8 Å². The number of amides is 3. The van der Waals surface area contributed by atoms with Crippen molar-refractivity contribution in [2.75, 3.05) is 6.54 Å². The second-order valence-electron chi connectivity index (χ2n) is 13.3. The summed E-state index contributed by atoms with van der Waals surface area (Å²) in [6.45, 7) is 9.82. The highest BCUT2D eigenvalue weighted by atomic mass is 16.6. The zero-order valence-corrected chi connectivity index (χ0v) is 27.9. The highest BCUT2D eigenvalue weighted by Crippen LogP contribution is 2.20. The molecule has 46 heavy (non-hydrogen) atoms. The predicted molar refractivity (Wildman–Crippen MR) is 182 cm³/mol. The standard InChI is InChI=1S/C38H51N3O5/c1-27(2)23-33(36(44)39-22-21-28-15-9-6-10-16-28)40-35(43)31(24-29-17-11-7-12-18-29)26-34(42)32(25-30-19-13-8-14-20-30)41-37(45)46-38(3,4)5/h6-20,27,31-34,42H,21-26H2,1-5H3,(H,39,44)(H,40,43)(H,41,45)/t31-,32+,33+,34+/m1/s1. The first-order chi connectivity index (χ1) is 21.9. The third kappa shape index (κ3) is 13.4. The van der Waals surface area contributed by atoms with Crippen LogP contribution in [0.4, 0.5) is 4.79 Å². The number of carbonyl (C=O) groups excluding carboxylic acids is 3. The van der Waals surface area contributed by atoms with Gasteiger partial charge in [0, 0.05) is 12.5 Å². The Hall–Kier alpha value is -4.17. The summed E-state index contributed by atoms with van der Waals surface area (Å²) >= 11 is 0. The second-order valence-corrected chi connectivity index (χ2v) is 13.3. The molecule has 0 radical (unpaired) electrons. The summed E-state index contributed by atoms with van der Waals surface area (Å²) in [5.74, 6) is -1.05. The fourth-order valence-corrected chi connectivity index (χ4v) is 5.34. The SMILES string of the molecule is CC(C)C[C@H](NC(=O)[C@H](Cc1ccccc1)C[C@H](O)[C@H](Cc1ccccc1)NC(=O)OC(C)(C)C)C(=O)NCCc1ccccc1. The number of aliphatic hydroxyl groups is 1. The van der Waals surface area contributed by atoms with Crippen molar-refractivity contribution in [1.29, 1.82) is 0 Å². The predicted octanol–water partition coefficient (Wildman–Crippen LogP) is 5.62. The van der Waals surface area contributed by atoms with Gasteiger partial charge in [0.1, 0.15) is 11.6 Å². The monoisotopic (exact) mass is 629 g/mol. The van der Waals surface area contributed by atoms with Gasteiger partial charge in [-0.3, -0.25) is 9.59 Å². The molecule has 4 atom stereocenters. The quantitative estimate of drug-likeness (QED) is 0.164. The number of benzene rings is 3. The minimum atomic E-state index is -1.07. The van der Waals surface area contributed by atoms with E-state index in [-0.39, 0.29) is 24.2 Å². The number of hydrogen-bond acceptors (Lipinski definition) is 5. The number of aliphatic hydroxyl groups excluding tert-OH is 1. The minimum absolute atomic E-state index is 0.0675. The number of hydrogen-bond donors (Lipinski definition) is 4. The zero-order valence-electron chi connectivity index (χ0n) is 27.9. The van der Waals surface area contributed by atoms with Crippen LogP contribution in [0.25, 0.3) is 0 Å². The van der Waals surface area contributed by atoms with Crippen molar-refractivity contribution in [1.82, 2.24) is 16.0 Å². The number of rotatable bonds is 16. The van der Waals surface area contributed by atoms with Gasteiger partial charge in [-0.25, -0.2) is 4.79 Å². The summed E-state index contributed by atoms with van der Waals surface area (Å²) < 4.78 is 5.50. The summed E-state index contributed by atoms with van der Waals surface area (Å²) in [6.07, 6.45) is 0.221. The molecule has 0 spiro atoms. The molecule has 0 aliphatic carbocycles. The van der Waals surface area contributed by atoms with E-state index in [0.717, 1.165) is 16.7 Å². The van der Waals surface area contributed by atoms with Crippen LogP contribution in [0.15, 0.2) is 91.0 Å². The molecule has 3 amide bonds. The van der Waals surface area contributed by atoms with Crippen LogP contribution in [0.2, 0.25) is 0 Å². The van der Waals surface area contributed by atoms with Gasteiger partial charge < -0.3 is 25.8 Å². The molecular weight excluding hydrogens is 578 g/mol. The molecule has 4 N–H and O–H groups in total. The van der Waals surface area contributed by atoms with Gasteiger partial charge in [-0.1, -0.05) is 105 Å². The van der Waals surface area contributed by atoms with E-state index in [0.29, 0.717) is 32.2 Å². The lowest BCUT2D eigenvalue weighted by Crippen LogP contribution is -2.51. The molecule has 3 aromatic rings. The number of alkyl carbamates (subject to hydrolysis) is 1. The molecule has 0 bridgehead atoms. The average molecular weight is 630 g/mol. The van der Waals surface area contributed by atoms with E-state index < -0.39 is 35.8 Å². The molecule has 0 unspecified atom stereocenters. The zero-order chi connectivity index (χ0) is 33.5. The highest BCUT2D eigenvalue weighted by molar-refractivity contribution is 5.88. The molecule has 0 saturated heterocycles. The maximum absolute atomic E-state index is 14.0. The Labute approximate surface area is 274 Å². The molecule has 8 heteroatoms. The summed E-state index contributed by atoms with van der Waals surface area (Å²) in [7, 11) is 0. The Morgan fingerprint density at radius 2 is 1.24 bits per heavy atom. The van der Waals surface area contributed by atoms with E-state index >= 15 is 0 Å². The van der Waals surface area contributed by atoms with Crippen LogP contribution >= 0.6 is 0 Å². The van der Waals surface area contributed by atoms with Gasteiger partial charge in [0.25, 0.3) is 0 Å². The van der Waals surface area contributed by atoms with E-state index in [9.17, 15) is 19.5 Å². The van der Waals surface area contributed by atoms with Crippen molar-refractivity contribution in [3.8, 4) is 0 Å². The normalized spacial score (nSPS) is 14.1. The van der Waals surface area contributed by atoms with Gasteiger partial charge in [-0.2, -0.15) is 0 Å². The molecular formula is C38H51N3O5. The maximum Gasteiger partial charge on any atom is 0.407 e. The van der Waals surface area contributed by atoms with Crippen LogP contribution in [0.5, 0.6) is 0 Å². The molecule has 3 aromatic carbocycles. The lowest BCUT2D eigenvalue weighted by molar-refractivity contribution is -0.132. The summed E-state index contributed by atoms with van der Waals surface area (Å²) in [5, 5.41) is 20.4. The van der Waals surface area contributed by atoms with E-state index in [1.54, 1.807) is 20.8 Å². The first kappa shape index (κ1) is 36.3. The van der Waals surface area contributed by atoms with Crippen molar-refractivity contribution in [3.63, 3.8) is 0 Å². The molecule has 0 fully saturated rings. The van der Waals surface area contributed by atoms with E-state index in [1.165, 1.54) is 0 Å². The Kier molecular flexibility index (Phi) is 14.3. The first-order valence-corrected chi connectivity index (χ1v) is 16.3. The highest BCUT2D eigenvalue weighted by Gasteiger charge is 2.32. The van der Waals surface area contributed by atoms with Gasteiger partial charge >= 0.3 is 6.09 Å². The minimum Gasteiger partial charge on any atom is -0.444 e. The third-order valence-electron chi connectivity index (χ3n) is 7.58. The second kappa shape index (κ2) is 18.1. The number of ether oxygens (including phenoxy) is 1. The average Bonchev–Trinajstić information content (AvgIpc) is 3.00. The molecule has 248 valence electrons. The molecule has 0 aliphatic heterocycles. The molecule has 0 heterocycles. The Morgan fingerprint density at radius 3 is 1.76 bits per heavy atom. The number of nitrogens with one attached hydrogen (secondary N) is 3. The number of carbonyl (C=O) groups is 3.